The Labute approximate surface area is 191 Å². The molecule has 0 unspecified atom stereocenters. The van der Waals surface area contributed by atoms with Crippen molar-refractivity contribution in [3.05, 3.63) is 23.8 Å². The smallest absolute Gasteiger partial charge is 0.254 e. The Morgan fingerprint density at radius 3 is 2.43 bits per heavy atom. The number of hydrogen-bond acceptors (Lipinski definition) is 5. The fourth-order valence-corrected chi connectivity index (χ4v) is 3.85. The van der Waals surface area contributed by atoms with Gasteiger partial charge in [0.2, 0.25) is 5.91 Å². The molecule has 9 heteroatoms. The quantitative estimate of drug-likeness (QED) is 0.682. The molecule has 2 N–H and O–H groups in total. The van der Waals surface area contributed by atoms with E-state index in [0.29, 0.717) is 29.3 Å². The van der Waals surface area contributed by atoms with Crippen molar-refractivity contribution < 1.29 is 14.3 Å². The highest BCUT2D eigenvalue weighted by Gasteiger charge is 2.22. The van der Waals surface area contributed by atoms with Crippen molar-refractivity contribution in [2.45, 2.75) is 25.7 Å². The van der Waals surface area contributed by atoms with Crippen LogP contribution in [0.2, 0.25) is 0 Å². The van der Waals surface area contributed by atoms with Crippen molar-refractivity contribution >= 4 is 42.3 Å². The Bertz CT molecular complexity index is 691. The van der Waals surface area contributed by atoms with Crippen LogP contribution in [0, 0.1) is 5.92 Å². The van der Waals surface area contributed by atoms with E-state index in [1.165, 1.54) is 0 Å². The molecule has 30 heavy (non-hydrogen) atoms. The summed E-state index contributed by atoms with van der Waals surface area (Å²) >= 11 is 0. The summed E-state index contributed by atoms with van der Waals surface area (Å²) in [6.45, 7) is 5.27. The number of nitrogens with zero attached hydrogens (tertiary/aromatic N) is 2. The van der Waals surface area contributed by atoms with Gasteiger partial charge in [-0.15, -0.1) is 24.8 Å². The van der Waals surface area contributed by atoms with Crippen LogP contribution in [0.15, 0.2) is 18.2 Å². The van der Waals surface area contributed by atoms with Crippen molar-refractivity contribution in [2.24, 2.45) is 5.92 Å². The van der Waals surface area contributed by atoms with E-state index in [2.05, 4.69) is 22.6 Å². The highest BCUT2D eigenvalue weighted by molar-refractivity contribution is 5.98. The molecule has 0 saturated carbocycles. The number of likely N-dealkylation sites (N-methyl/N-ethyl adjacent to an activating group) is 1. The second kappa shape index (κ2) is 13.0. The first-order chi connectivity index (χ1) is 13.6. The second-order valence-corrected chi connectivity index (χ2v) is 7.79. The monoisotopic (exact) mass is 460 g/mol. The van der Waals surface area contributed by atoms with E-state index in [-0.39, 0.29) is 36.6 Å². The maximum atomic E-state index is 12.8. The van der Waals surface area contributed by atoms with E-state index >= 15 is 0 Å². The Kier molecular flexibility index (Phi) is 11.5. The highest BCUT2D eigenvalue weighted by Crippen LogP contribution is 2.27. The number of carbonyl (C=O) groups excluding carboxylic acids is 2. The lowest BCUT2D eigenvalue weighted by Crippen LogP contribution is -2.47. The number of carbonyl (C=O) groups is 2. The van der Waals surface area contributed by atoms with Crippen molar-refractivity contribution in [2.75, 3.05) is 58.7 Å². The predicted octanol–water partition coefficient (Wildman–Crippen LogP) is 2.64. The molecule has 0 radical (unpaired) electrons. The maximum absolute atomic E-state index is 12.8. The molecule has 0 aromatic heterocycles. The van der Waals surface area contributed by atoms with Gasteiger partial charge in [-0.2, -0.15) is 0 Å². The molecule has 170 valence electrons. The predicted molar refractivity (Wildman–Crippen MR) is 124 cm³/mol. The van der Waals surface area contributed by atoms with Crippen LogP contribution in [0.25, 0.3) is 0 Å². The molecule has 1 aromatic rings. The number of halogens is 2. The minimum atomic E-state index is -0.0268. The molecule has 3 rings (SSSR count). The van der Waals surface area contributed by atoms with Gasteiger partial charge in [0.15, 0.2) is 0 Å². The van der Waals surface area contributed by atoms with Crippen LogP contribution >= 0.6 is 24.8 Å². The van der Waals surface area contributed by atoms with E-state index in [4.69, 9.17) is 4.74 Å². The fraction of sp³-hybridized carbons (Fsp3) is 0.619. The molecule has 2 aliphatic heterocycles. The summed E-state index contributed by atoms with van der Waals surface area (Å²) < 4.78 is 5.38. The van der Waals surface area contributed by atoms with E-state index in [0.717, 1.165) is 58.5 Å². The first kappa shape index (κ1) is 26.5. The van der Waals surface area contributed by atoms with Gasteiger partial charge in [-0.3, -0.25) is 9.59 Å². The zero-order valence-electron chi connectivity index (χ0n) is 17.8. The van der Waals surface area contributed by atoms with Gasteiger partial charge in [0, 0.05) is 38.2 Å². The van der Waals surface area contributed by atoms with Gasteiger partial charge in [0.25, 0.3) is 5.91 Å². The Morgan fingerprint density at radius 1 is 1.13 bits per heavy atom. The van der Waals surface area contributed by atoms with E-state index < -0.39 is 0 Å². The molecule has 2 fully saturated rings. The van der Waals surface area contributed by atoms with Gasteiger partial charge in [0.05, 0.1) is 12.8 Å². The highest BCUT2D eigenvalue weighted by atomic mass is 35.5. The van der Waals surface area contributed by atoms with Crippen molar-refractivity contribution in [3.8, 4) is 5.75 Å². The van der Waals surface area contributed by atoms with Gasteiger partial charge < -0.3 is 25.2 Å². The number of piperazine rings is 1. The normalized spacial score (nSPS) is 17.5. The van der Waals surface area contributed by atoms with Crippen LogP contribution in [0.3, 0.4) is 0 Å². The number of nitrogens with one attached hydrogen (secondary N) is 2. The van der Waals surface area contributed by atoms with Gasteiger partial charge >= 0.3 is 0 Å². The minimum absolute atomic E-state index is 0. The average molecular weight is 461 g/mol. The number of anilines is 1. The molecule has 0 aliphatic carbocycles. The lowest BCUT2D eigenvalue weighted by atomic mass is 9.93. The van der Waals surface area contributed by atoms with Crippen LogP contribution in [0.4, 0.5) is 5.69 Å². The van der Waals surface area contributed by atoms with Crippen molar-refractivity contribution in [3.63, 3.8) is 0 Å². The first-order valence-electron chi connectivity index (χ1n) is 10.2. The lowest BCUT2D eigenvalue weighted by molar-refractivity contribution is -0.116. The van der Waals surface area contributed by atoms with Crippen molar-refractivity contribution in [1.82, 2.24) is 15.1 Å². The van der Waals surface area contributed by atoms with Crippen LogP contribution in [-0.2, 0) is 4.79 Å². The zero-order chi connectivity index (χ0) is 19.9. The molecule has 0 atom stereocenters. The summed E-state index contributed by atoms with van der Waals surface area (Å²) in [6.07, 6.45) is 3.65. The summed E-state index contributed by atoms with van der Waals surface area (Å²) in [5.74, 6) is 1.16. The molecule has 2 aliphatic rings. The zero-order valence-corrected chi connectivity index (χ0v) is 19.4. The number of rotatable bonds is 6. The van der Waals surface area contributed by atoms with Crippen LogP contribution in [-0.4, -0.2) is 75.0 Å². The Balaban J connectivity index is 0.00000225. The summed E-state index contributed by atoms with van der Waals surface area (Å²) in [4.78, 5) is 29.4. The summed E-state index contributed by atoms with van der Waals surface area (Å²) in [5, 5.41) is 6.30. The molecule has 2 heterocycles. The van der Waals surface area contributed by atoms with Crippen LogP contribution in [0.1, 0.15) is 36.0 Å². The Morgan fingerprint density at radius 2 is 1.80 bits per heavy atom. The van der Waals surface area contributed by atoms with E-state index in [1.807, 2.05) is 4.90 Å². The van der Waals surface area contributed by atoms with Crippen LogP contribution < -0.4 is 15.4 Å². The second-order valence-electron chi connectivity index (χ2n) is 7.79. The molecule has 7 nitrogen and oxygen atoms in total. The van der Waals surface area contributed by atoms with Crippen molar-refractivity contribution in [1.29, 1.82) is 0 Å². The summed E-state index contributed by atoms with van der Waals surface area (Å²) in [5.41, 5.74) is 1.15. The number of methoxy groups -OCH3 is 1. The summed E-state index contributed by atoms with van der Waals surface area (Å²) in [6, 6.07) is 5.26. The summed E-state index contributed by atoms with van der Waals surface area (Å²) in [7, 11) is 3.63. The SMILES string of the molecule is COc1ccc(C(=O)N2CCN(C)CC2)cc1NC(=O)CCC1CCNCC1.Cl.Cl. The Hall–Kier alpha value is -1.54. The number of hydrogen-bond donors (Lipinski definition) is 2. The molecule has 0 bridgehead atoms. The van der Waals surface area contributed by atoms with E-state index in [9.17, 15) is 9.59 Å². The fourth-order valence-electron chi connectivity index (χ4n) is 3.85. The molecular formula is C21H34Cl2N4O3. The molecule has 1 aromatic carbocycles. The van der Waals surface area contributed by atoms with E-state index in [1.54, 1.807) is 25.3 Å². The third kappa shape index (κ3) is 7.30. The molecule has 0 spiro atoms. The van der Waals surface area contributed by atoms with Gasteiger partial charge in [-0.05, 0) is 63.5 Å². The number of ether oxygens (including phenoxy) is 1. The number of piperidine rings is 1. The molecule has 2 saturated heterocycles. The third-order valence-electron chi connectivity index (χ3n) is 5.75. The number of benzene rings is 1. The first-order valence-corrected chi connectivity index (χ1v) is 10.2. The third-order valence-corrected chi connectivity index (χ3v) is 5.75. The minimum Gasteiger partial charge on any atom is -0.495 e. The standard InChI is InChI=1S/C21H32N4O3.2ClH/c1-24-11-13-25(14-12-24)21(27)17-4-5-19(28-2)18(15-17)23-20(26)6-3-16-7-9-22-10-8-16;;/h4-5,15-16,22H,3,6-14H2,1-2H3,(H,23,26);2*1H. The van der Waals surface area contributed by atoms with Crippen LogP contribution in [0.5, 0.6) is 5.75 Å². The topological polar surface area (TPSA) is 73.9 Å². The largest absolute Gasteiger partial charge is 0.495 e. The maximum Gasteiger partial charge on any atom is 0.254 e. The number of amides is 2. The van der Waals surface area contributed by atoms with Gasteiger partial charge in [-0.25, -0.2) is 0 Å². The van der Waals surface area contributed by atoms with Gasteiger partial charge in [-0.1, -0.05) is 0 Å². The average Bonchev–Trinajstić information content (AvgIpc) is 2.73. The molecular weight excluding hydrogens is 427 g/mol. The van der Waals surface area contributed by atoms with Gasteiger partial charge in [0.1, 0.15) is 5.75 Å². The molecule has 2 amide bonds. The lowest BCUT2D eigenvalue weighted by Gasteiger charge is -2.32.